The summed E-state index contributed by atoms with van der Waals surface area (Å²) in [5, 5.41) is -0.465. The highest BCUT2D eigenvalue weighted by molar-refractivity contribution is 8.18. The number of nitrogens with zero attached hydrogens (tertiary/aromatic N) is 3. The molecule has 0 unspecified atom stereocenters. The highest BCUT2D eigenvalue weighted by Gasteiger charge is 2.36. The van der Waals surface area contributed by atoms with Gasteiger partial charge in [0.15, 0.2) is 0 Å². The van der Waals surface area contributed by atoms with Crippen LogP contribution >= 0.6 is 11.8 Å². The third kappa shape index (κ3) is 4.28. The number of aryl methyl sites for hydroxylation is 1. The van der Waals surface area contributed by atoms with Crippen LogP contribution in [0.4, 0.5) is 10.5 Å². The number of ether oxygens (including phenoxy) is 1. The lowest BCUT2D eigenvalue weighted by molar-refractivity contribution is -0.145. The summed E-state index contributed by atoms with van der Waals surface area (Å²) in [5.41, 5.74) is 4.96. The van der Waals surface area contributed by atoms with Gasteiger partial charge < -0.3 is 14.2 Å². The van der Waals surface area contributed by atoms with Crippen molar-refractivity contribution in [1.29, 1.82) is 0 Å². The molecule has 1 saturated heterocycles. The highest BCUT2D eigenvalue weighted by atomic mass is 32.2. The van der Waals surface area contributed by atoms with Gasteiger partial charge in [-0.3, -0.25) is 19.3 Å². The van der Waals surface area contributed by atoms with Crippen LogP contribution in [-0.4, -0.2) is 53.8 Å². The molecule has 2 aromatic rings. The summed E-state index contributed by atoms with van der Waals surface area (Å²) in [5.74, 6) is -1.07. The Hall–Kier alpha value is -3.00. The smallest absolute Gasteiger partial charge is 0.326 e. The van der Waals surface area contributed by atoms with E-state index in [1.165, 1.54) is 0 Å². The summed E-state index contributed by atoms with van der Waals surface area (Å²) in [6, 6.07) is 10.2. The van der Waals surface area contributed by atoms with E-state index >= 15 is 0 Å². The largest absolute Gasteiger partial charge is 0.465 e. The van der Waals surface area contributed by atoms with E-state index < -0.39 is 17.1 Å². The lowest BCUT2D eigenvalue weighted by Crippen LogP contribution is -2.34. The minimum atomic E-state index is -0.597. The number of anilines is 1. The summed E-state index contributed by atoms with van der Waals surface area (Å²) in [6.07, 6.45) is 1.71. The predicted molar refractivity (Wildman–Crippen MR) is 119 cm³/mol. The lowest BCUT2D eigenvalue weighted by Gasteiger charge is -2.15. The van der Waals surface area contributed by atoms with Crippen molar-refractivity contribution >= 4 is 40.6 Å². The van der Waals surface area contributed by atoms with E-state index in [1.54, 1.807) is 13.0 Å². The second-order valence-corrected chi connectivity index (χ2v) is 8.14. The first-order chi connectivity index (χ1) is 14.2. The molecular weight excluding hydrogens is 402 g/mol. The van der Waals surface area contributed by atoms with Gasteiger partial charge in [-0.2, -0.15) is 0 Å². The van der Waals surface area contributed by atoms with Crippen molar-refractivity contribution < 1.29 is 19.1 Å². The van der Waals surface area contributed by atoms with E-state index in [9.17, 15) is 14.4 Å². The molecule has 0 N–H and O–H groups in total. The molecule has 0 spiro atoms. The number of amides is 2. The molecule has 1 aliphatic heterocycles. The van der Waals surface area contributed by atoms with Gasteiger partial charge in [-0.25, -0.2) is 0 Å². The molecule has 8 heteroatoms. The molecule has 2 amide bonds. The van der Waals surface area contributed by atoms with Crippen LogP contribution in [0.15, 0.2) is 35.2 Å². The van der Waals surface area contributed by atoms with Crippen molar-refractivity contribution in [2.45, 2.75) is 20.8 Å². The van der Waals surface area contributed by atoms with Gasteiger partial charge >= 0.3 is 5.97 Å². The molecule has 3 rings (SSSR count). The average Bonchev–Trinajstić information content (AvgIpc) is 3.12. The molecule has 1 aromatic carbocycles. The molecule has 7 nitrogen and oxygen atoms in total. The number of aromatic nitrogens is 1. The Morgan fingerprint density at radius 2 is 1.83 bits per heavy atom. The number of carbonyl (C=O) groups excluding carboxylic acids is 3. The number of hydrogen-bond donors (Lipinski definition) is 0. The first-order valence-corrected chi connectivity index (χ1v) is 10.4. The van der Waals surface area contributed by atoms with Crippen LogP contribution in [0.5, 0.6) is 0 Å². The highest BCUT2D eigenvalue weighted by Crippen LogP contribution is 2.33. The molecular formula is C22H25N3O4S. The first kappa shape index (κ1) is 21.7. The maximum Gasteiger partial charge on any atom is 0.326 e. The minimum Gasteiger partial charge on any atom is -0.465 e. The zero-order valence-corrected chi connectivity index (χ0v) is 18.6. The van der Waals surface area contributed by atoms with Gasteiger partial charge in [0.05, 0.1) is 11.5 Å². The fourth-order valence-corrected chi connectivity index (χ4v) is 4.17. The Kier molecular flexibility index (Phi) is 6.36. The number of esters is 1. The molecule has 30 heavy (non-hydrogen) atoms. The van der Waals surface area contributed by atoms with Crippen molar-refractivity contribution in [1.82, 2.24) is 9.47 Å². The van der Waals surface area contributed by atoms with Gasteiger partial charge in [0, 0.05) is 36.9 Å². The number of rotatable bonds is 6. The Morgan fingerprint density at radius 3 is 2.43 bits per heavy atom. The van der Waals surface area contributed by atoms with Crippen molar-refractivity contribution in [3.8, 4) is 5.69 Å². The first-order valence-electron chi connectivity index (χ1n) is 9.60. The summed E-state index contributed by atoms with van der Waals surface area (Å²) in [6.45, 7) is 5.48. The van der Waals surface area contributed by atoms with Crippen molar-refractivity contribution in [2.75, 3.05) is 32.1 Å². The number of benzene rings is 1. The molecule has 0 bridgehead atoms. The van der Waals surface area contributed by atoms with Gasteiger partial charge in [0.2, 0.25) is 0 Å². The maximum atomic E-state index is 12.6. The molecule has 0 aliphatic carbocycles. The summed E-state index contributed by atoms with van der Waals surface area (Å²) in [4.78, 5) is 39.8. The molecule has 158 valence electrons. The average molecular weight is 428 g/mol. The Balaban J connectivity index is 1.88. The van der Waals surface area contributed by atoms with Gasteiger partial charge in [-0.05, 0) is 74.5 Å². The summed E-state index contributed by atoms with van der Waals surface area (Å²) in [7, 11) is 3.99. The van der Waals surface area contributed by atoms with E-state index in [-0.39, 0.29) is 13.2 Å². The monoisotopic (exact) mass is 427 g/mol. The molecule has 2 heterocycles. The fraction of sp³-hybridized carbons (Fsp3) is 0.318. The van der Waals surface area contributed by atoms with Crippen molar-refractivity contribution in [2.24, 2.45) is 0 Å². The van der Waals surface area contributed by atoms with Crippen molar-refractivity contribution in [3.05, 3.63) is 52.2 Å². The van der Waals surface area contributed by atoms with Crippen LogP contribution < -0.4 is 4.90 Å². The minimum absolute atomic E-state index is 0.201. The number of thioether (sulfide) groups is 1. The van der Waals surface area contributed by atoms with Crippen LogP contribution in [0, 0.1) is 13.8 Å². The fourth-order valence-electron chi connectivity index (χ4n) is 3.34. The van der Waals surface area contributed by atoms with Crippen LogP contribution in [0.25, 0.3) is 11.8 Å². The van der Waals surface area contributed by atoms with Crippen molar-refractivity contribution in [3.63, 3.8) is 0 Å². The molecule has 0 saturated carbocycles. The van der Waals surface area contributed by atoms with E-state index in [2.05, 4.69) is 16.7 Å². The lowest BCUT2D eigenvalue weighted by atomic mass is 10.2. The SMILES string of the molecule is CCOC(=O)CN1C(=O)SC(=Cc2cc(C)n(-c3ccc(N(C)C)cc3)c2C)C1=O. The van der Waals surface area contributed by atoms with Crippen LogP contribution in [0.2, 0.25) is 0 Å². The third-order valence-corrected chi connectivity index (χ3v) is 5.75. The predicted octanol–water partition coefficient (Wildman–Crippen LogP) is 3.76. The van der Waals surface area contributed by atoms with Gasteiger partial charge in [-0.1, -0.05) is 0 Å². The van der Waals surface area contributed by atoms with E-state index in [1.807, 2.05) is 51.0 Å². The second kappa shape index (κ2) is 8.79. The molecule has 0 atom stereocenters. The number of imide groups is 1. The van der Waals surface area contributed by atoms with E-state index in [0.29, 0.717) is 4.91 Å². The van der Waals surface area contributed by atoms with Gasteiger partial charge in [0.25, 0.3) is 11.1 Å². The quantitative estimate of drug-likeness (QED) is 0.516. The standard InChI is InChI=1S/C22H25N3O4S/c1-6-29-20(26)13-24-21(27)19(30-22(24)28)12-16-11-14(2)25(15(16)3)18-9-7-17(8-10-18)23(4)5/h7-12H,6,13H2,1-5H3. The molecule has 1 aliphatic rings. The number of carbonyl (C=O) groups is 3. The normalized spacial score (nSPS) is 15.2. The van der Waals surface area contributed by atoms with Gasteiger partial charge in [-0.15, -0.1) is 0 Å². The van der Waals surface area contributed by atoms with Crippen LogP contribution in [0.1, 0.15) is 23.9 Å². The number of hydrogen-bond acceptors (Lipinski definition) is 6. The molecule has 1 fully saturated rings. The summed E-state index contributed by atoms with van der Waals surface area (Å²) < 4.78 is 6.95. The summed E-state index contributed by atoms with van der Waals surface area (Å²) >= 11 is 0.837. The van der Waals surface area contributed by atoms with Crippen LogP contribution in [-0.2, 0) is 14.3 Å². The maximum absolute atomic E-state index is 12.6. The topological polar surface area (TPSA) is 71.8 Å². The molecule has 1 aromatic heterocycles. The zero-order chi connectivity index (χ0) is 22.0. The van der Waals surface area contributed by atoms with Gasteiger partial charge in [0.1, 0.15) is 6.54 Å². The Morgan fingerprint density at radius 1 is 1.17 bits per heavy atom. The Bertz CT molecular complexity index is 1020. The second-order valence-electron chi connectivity index (χ2n) is 7.15. The van der Waals surface area contributed by atoms with Crippen LogP contribution in [0.3, 0.4) is 0 Å². The molecule has 0 radical (unpaired) electrons. The zero-order valence-electron chi connectivity index (χ0n) is 17.8. The van der Waals surface area contributed by atoms with E-state index in [4.69, 9.17) is 4.74 Å². The third-order valence-electron chi connectivity index (χ3n) is 4.85. The Labute approximate surface area is 180 Å². The van der Waals surface area contributed by atoms with E-state index in [0.717, 1.165) is 45.0 Å².